The monoisotopic (exact) mass is 493 g/mol. The van der Waals surface area contributed by atoms with Crippen molar-refractivity contribution in [3.63, 3.8) is 0 Å². The highest BCUT2D eigenvalue weighted by Gasteiger charge is 2.33. The summed E-state index contributed by atoms with van der Waals surface area (Å²) in [6, 6.07) is 7.85. The molecular formula is C27H35N5O2S. The van der Waals surface area contributed by atoms with Crippen LogP contribution in [0.3, 0.4) is 0 Å². The van der Waals surface area contributed by atoms with E-state index in [1.807, 2.05) is 24.3 Å². The van der Waals surface area contributed by atoms with Gasteiger partial charge in [-0.15, -0.1) is 11.3 Å². The number of rotatable bonds is 7. The van der Waals surface area contributed by atoms with Crippen LogP contribution in [0, 0.1) is 5.92 Å². The highest BCUT2D eigenvalue weighted by Crippen LogP contribution is 2.40. The Morgan fingerprint density at radius 2 is 1.86 bits per heavy atom. The number of fused-ring (bicyclic) bond motifs is 1. The summed E-state index contributed by atoms with van der Waals surface area (Å²) in [7, 11) is 3.59. The van der Waals surface area contributed by atoms with Gasteiger partial charge in [-0.1, -0.05) is 18.2 Å². The maximum Gasteiger partial charge on any atom is 0.253 e. The molecule has 35 heavy (non-hydrogen) atoms. The fourth-order valence-electron chi connectivity index (χ4n) is 5.55. The molecule has 1 unspecified atom stereocenters. The van der Waals surface area contributed by atoms with Crippen LogP contribution in [0.25, 0.3) is 21.3 Å². The predicted octanol–water partition coefficient (Wildman–Crippen LogP) is 4.73. The van der Waals surface area contributed by atoms with Crippen molar-refractivity contribution < 1.29 is 9.53 Å². The van der Waals surface area contributed by atoms with Crippen molar-refractivity contribution in [2.75, 3.05) is 51.8 Å². The molecule has 7 nitrogen and oxygen atoms in total. The lowest BCUT2D eigenvalue weighted by atomic mass is 9.93. The van der Waals surface area contributed by atoms with Gasteiger partial charge in [0, 0.05) is 69.3 Å². The number of thiophene rings is 1. The summed E-state index contributed by atoms with van der Waals surface area (Å²) in [5.74, 6) is 1.52. The Morgan fingerprint density at radius 3 is 2.57 bits per heavy atom. The molecule has 2 saturated heterocycles. The molecule has 0 radical (unpaired) electrons. The number of benzene rings is 1. The molecule has 4 heterocycles. The van der Waals surface area contributed by atoms with Crippen LogP contribution in [0.1, 0.15) is 43.0 Å². The highest BCUT2D eigenvalue weighted by atomic mass is 32.1. The molecule has 8 heteroatoms. The lowest BCUT2D eigenvalue weighted by molar-refractivity contribution is -0.0858. The van der Waals surface area contributed by atoms with Crippen molar-refractivity contribution in [2.24, 2.45) is 5.92 Å². The minimum Gasteiger partial charge on any atom is -0.363 e. The van der Waals surface area contributed by atoms with Crippen molar-refractivity contribution in [3.8, 4) is 11.1 Å². The molecule has 0 spiro atoms. The maximum absolute atomic E-state index is 12.9. The first-order valence-electron chi connectivity index (χ1n) is 12.7. The Morgan fingerprint density at radius 1 is 1.11 bits per heavy atom. The first kappa shape index (κ1) is 24.2. The molecule has 0 aliphatic carbocycles. The summed E-state index contributed by atoms with van der Waals surface area (Å²) in [4.78, 5) is 29.8. The summed E-state index contributed by atoms with van der Waals surface area (Å²) in [6.07, 6.45) is 6.63. The zero-order valence-electron chi connectivity index (χ0n) is 20.9. The molecule has 0 N–H and O–H groups in total. The van der Waals surface area contributed by atoms with Gasteiger partial charge in [0.15, 0.2) is 0 Å². The zero-order valence-corrected chi connectivity index (χ0v) is 21.8. The second-order valence-electron chi connectivity index (χ2n) is 9.69. The Labute approximate surface area is 211 Å². The summed E-state index contributed by atoms with van der Waals surface area (Å²) in [5.41, 5.74) is 2.68. The molecule has 186 valence electrons. The van der Waals surface area contributed by atoms with Crippen LogP contribution in [0.15, 0.2) is 36.0 Å². The average molecular weight is 494 g/mol. The number of aromatic nitrogens is 2. The number of nitrogens with zero attached hydrogens (tertiary/aromatic N) is 5. The lowest BCUT2D eigenvalue weighted by Gasteiger charge is -2.40. The number of piperidine rings is 1. The number of carbonyl (C=O) groups is 1. The minimum atomic E-state index is 0.00282. The molecule has 1 aromatic carbocycles. The summed E-state index contributed by atoms with van der Waals surface area (Å²) in [5, 5.41) is 3.17. The van der Waals surface area contributed by atoms with Crippen LogP contribution in [0.2, 0.25) is 0 Å². The molecule has 3 aromatic rings. The Balaban J connectivity index is 1.44. The smallest absolute Gasteiger partial charge is 0.253 e. The standard InChI is InChI=1S/C27H35N5O2S/c1-4-34-27(32-13-7-8-14-32)19-11-15-31(16-12-19)24-23-22(17-35-25(23)29-18-28-24)20-9-5-6-10-21(20)26(33)30(2)3/h5-6,9-10,17-19,27H,4,7-8,11-16H2,1-3H3. The predicted molar refractivity (Wildman–Crippen MR) is 142 cm³/mol. The number of likely N-dealkylation sites (tertiary alicyclic amines) is 1. The second kappa shape index (κ2) is 10.6. The van der Waals surface area contributed by atoms with Gasteiger partial charge in [0.05, 0.1) is 5.39 Å². The van der Waals surface area contributed by atoms with E-state index < -0.39 is 0 Å². The maximum atomic E-state index is 12.9. The van der Waals surface area contributed by atoms with Crippen molar-refractivity contribution in [2.45, 2.75) is 38.8 Å². The van der Waals surface area contributed by atoms with Gasteiger partial charge in [-0.2, -0.15) is 0 Å². The largest absolute Gasteiger partial charge is 0.363 e. The number of carbonyl (C=O) groups excluding carboxylic acids is 1. The third-order valence-electron chi connectivity index (χ3n) is 7.28. The summed E-state index contributed by atoms with van der Waals surface area (Å²) in [6.45, 7) is 7.06. The normalized spacial score (nSPS) is 18.3. The van der Waals surface area contributed by atoms with Crippen LogP contribution in [0.4, 0.5) is 5.82 Å². The van der Waals surface area contributed by atoms with Crippen molar-refractivity contribution in [3.05, 3.63) is 41.5 Å². The molecule has 2 aromatic heterocycles. The van der Waals surface area contributed by atoms with Crippen LogP contribution in [0.5, 0.6) is 0 Å². The summed E-state index contributed by atoms with van der Waals surface area (Å²) >= 11 is 1.62. The van der Waals surface area contributed by atoms with Crippen LogP contribution in [-0.2, 0) is 4.74 Å². The molecule has 2 aliphatic heterocycles. The molecule has 5 rings (SSSR count). The van der Waals surface area contributed by atoms with Gasteiger partial charge >= 0.3 is 0 Å². The molecule has 0 saturated carbocycles. The third-order valence-corrected chi connectivity index (χ3v) is 8.17. The summed E-state index contributed by atoms with van der Waals surface area (Å²) < 4.78 is 6.24. The van der Waals surface area contributed by atoms with E-state index in [-0.39, 0.29) is 12.1 Å². The SMILES string of the molecule is CCOC(C1CCN(c2ncnc3scc(-c4ccccc4C(=O)N(C)C)c23)CC1)N1CCCC1. The van der Waals surface area contributed by atoms with E-state index in [9.17, 15) is 4.79 Å². The van der Waals surface area contributed by atoms with Gasteiger partial charge in [0.25, 0.3) is 5.91 Å². The molecule has 0 bridgehead atoms. The first-order chi connectivity index (χ1) is 17.1. The van der Waals surface area contributed by atoms with E-state index in [2.05, 4.69) is 27.1 Å². The van der Waals surface area contributed by atoms with Gasteiger partial charge in [-0.3, -0.25) is 9.69 Å². The average Bonchev–Trinajstić information content (AvgIpc) is 3.57. The van der Waals surface area contributed by atoms with E-state index >= 15 is 0 Å². The Bertz CT molecular complexity index is 1170. The lowest BCUT2D eigenvalue weighted by Crippen LogP contribution is -2.46. The van der Waals surface area contributed by atoms with Crippen molar-refractivity contribution in [1.29, 1.82) is 0 Å². The third kappa shape index (κ3) is 4.79. The van der Waals surface area contributed by atoms with Gasteiger partial charge in [0.1, 0.15) is 23.2 Å². The van der Waals surface area contributed by atoms with Crippen LogP contribution >= 0.6 is 11.3 Å². The Kier molecular flexibility index (Phi) is 7.32. The number of anilines is 1. The molecule has 1 amide bonds. The first-order valence-corrected chi connectivity index (χ1v) is 13.6. The van der Waals surface area contributed by atoms with Crippen molar-refractivity contribution in [1.82, 2.24) is 19.8 Å². The number of hydrogen-bond donors (Lipinski definition) is 0. The highest BCUT2D eigenvalue weighted by molar-refractivity contribution is 7.17. The van der Waals surface area contributed by atoms with Crippen molar-refractivity contribution >= 4 is 33.3 Å². The minimum absolute atomic E-state index is 0.00282. The van der Waals surface area contributed by atoms with E-state index in [0.717, 1.165) is 72.8 Å². The van der Waals surface area contributed by atoms with Gasteiger partial charge in [-0.25, -0.2) is 9.97 Å². The topological polar surface area (TPSA) is 61.8 Å². The number of amides is 1. The van der Waals surface area contributed by atoms with Gasteiger partial charge in [0.2, 0.25) is 0 Å². The quantitative estimate of drug-likeness (QED) is 0.474. The number of hydrogen-bond acceptors (Lipinski definition) is 7. The second-order valence-corrected chi connectivity index (χ2v) is 10.5. The molecule has 1 atom stereocenters. The molecular weight excluding hydrogens is 458 g/mol. The fraction of sp³-hybridized carbons (Fsp3) is 0.519. The van der Waals surface area contributed by atoms with Crippen LogP contribution in [-0.4, -0.2) is 78.8 Å². The number of ether oxygens (including phenoxy) is 1. The zero-order chi connectivity index (χ0) is 24.4. The molecule has 2 aliphatic rings. The van der Waals surface area contributed by atoms with Gasteiger partial charge in [-0.05, 0) is 44.2 Å². The van der Waals surface area contributed by atoms with E-state index in [4.69, 9.17) is 9.72 Å². The van der Waals surface area contributed by atoms with E-state index in [1.54, 1.807) is 36.7 Å². The molecule has 2 fully saturated rings. The Hall–Kier alpha value is -2.55. The van der Waals surface area contributed by atoms with Gasteiger partial charge < -0.3 is 14.5 Å². The fourth-order valence-corrected chi connectivity index (χ4v) is 6.45. The van der Waals surface area contributed by atoms with Crippen LogP contribution < -0.4 is 4.90 Å². The van der Waals surface area contributed by atoms with E-state index in [1.165, 1.54) is 12.8 Å². The van der Waals surface area contributed by atoms with E-state index in [0.29, 0.717) is 11.5 Å².